The van der Waals surface area contributed by atoms with Crippen LogP contribution in [0.5, 0.6) is 46.0 Å². The predicted molar refractivity (Wildman–Crippen MR) is 302 cm³/mol. The Balaban J connectivity index is 1.03. The van der Waals surface area contributed by atoms with Crippen LogP contribution in [-0.2, 0) is 19.2 Å². The van der Waals surface area contributed by atoms with Crippen molar-refractivity contribution in [1.29, 1.82) is 5.26 Å². The van der Waals surface area contributed by atoms with E-state index in [9.17, 15) is 25.1 Å². The molecule has 0 aromatic heterocycles. The van der Waals surface area contributed by atoms with E-state index in [1.165, 1.54) is 28.4 Å². The molecule has 8 aromatic rings. The molecule has 0 bridgehead atoms. The van der Waals surface area contributed by atoms with Crippen molar-refractivity contribution in [2.24, 2.45) is 23.7 Å². The largest absolute Gasteiger partial charge is 0.496 e. The van der Waals surface area contributed by atoms with Gasteiger partial charge in [-0.05, 0) is 105 Å². The Morgan fingerprint density at radius 1 is 0.439 bits per heavy atom. The molecule has 15 heteroatoms. The summed E-state index contributed by atoms with van der Waals surface area (Å²) in [5, 5.41) is 33.5. The number of hydrogen-bond acceptors (Lipinski definition) is 13. The van der Waals surface area contributed by atoms with Gasteiger partial charge in [0.05, 0.1) is 52.1 Å². The van der Waals surface area contributed by atoms with E-state index in [-0.39, 0.29) is 22.8 Å². The van der Waals surface area contributed by atoms with Gasteiger partial charge in [-0.2, -0.15) is 5.26 Å². The van der Waals surface area contributed by atoms with Gasteiger partial charge < -0.3 is 48.1 Å². The smallest absolute Gasteiger partial charge is 0.315 e. The standard InChI is InChI=1S/C67H55NO14/c1-75-49-24-11-8-20-43(49)55-59(64(69)70)56(44-21-9-12-25-50(44)76-2)61(55)67(74)82-54-35-40(37-16-6-5-7-17-37)34-46(48(54)36-68)39-28-29-52(78-4)47(33-39)58-60(65(71)72)57(45-22-10-13-26-51(45)77-3)62(58)66(73)81-41-19-14-18-38(32-41)42-23-15-27-53-63(42)80-31-30-79-53/h5-29,32-35,55-62H,30-31H2,1-4H3,(H,69,70)(H,71,72)/t55-,56?,57?,58-,59?,60+,61?,62+/m0/s1. The quantitative estimate of drug-likeness (QED) is 0.0642. The first kappa shape index (κ1) is 53.9. The van der Waals surface area contributed by atoms with Gasteiger partial charge in [0.15, 0.2) is 11.5 Å². The fourth-order valence-corrected chi connectivity index (χ4v) is 12.5. The molecule has 2 aliphatic carbocycles. The topological polar surface area (TPSA) is 206 Å². The van der Waals surface area contributed by atoms with Crippen molar-refractivity contribution in [2.45, 2.75) is 23.7 Å². The molecule has 0 radical (unpaired) electrons. The molecule has 1 aliphatic heterocycles. The summed E-state index contributed by atoms with van der Waals surface area (Å²) in [6, 6.07) is 53.4. The van der Waals surface area contributed by atoms with Crippen molar-refractivity contribution in [3.8, 4) is 85.4 Å². The normalized spacial score (nSPS) is 20.3. The van der Waals surface area contributed by atoms with E-state index in [1.54, 1.807) is 121 Å². The number of para-hydroxylation sites is 4. The monoisotopic (exact) mass is 1100 g/mol. The zero-order valence-corrected chi connectivity index (χ0v) is 45.0. The highest BCUT2D eigenvalue weighted by Gasteiger charge is 2.62. The number of nitrogens with zero attached hydrogens (tertiary/aromatic N) is 1. The molecule has 412 valence electrons. The molecule has 82 heavy (non-hydrogen) atoms. The average molecular weight is 1100 g/mol. The van der Waals surface area contributed by atoms with Crippen molar-refractivity contribution >= 4 is 23.9 Å². The van der Waals surface area contributed by atoms with E-state index in [4.69, 9.17) is 37.9 Å². The van der Waals surface area contributed by atoms with Gasteiger partial charge in [0.1, 0.15) is 59.3 Å². The third kappa shape index (κ3) is 9.72. The molecule has 0 amide bonds. The Morgan fingerprint density at radius 3 is 1.49 bits per heavy atom. The van der Waals surface area contributed by atoms with Crippen molar-refractivity contribution in [3.05, 3.63) is 204 Å². The number of methoxy groups -OCH3 is 4. The van der Waals surface area contributed by atoms with E-state index in [0.29, 0.717) is 92.0 Å². The van der Waals surface area contributed by atoms with Gasteiger partial charge in [0.25, 0.3) is 0 Å². The highest BCUT2D eigenvalue weighted by atomic mass is 16.6. The first-order valence-electron chi connectivity index (χ1n) is 26.6. The van der Waals surface area contributed by atoms with Crippen LogP contribution in [0.1, 0.15) is 51.5 Å². The van der Waals surface area contributed by atoms with Crippen LogP contribution in [0.3, 0.4) is 0 Å². The summed E-state index contributed by atoms with van der Waals surface area (Å²) in [5.74, 6) is -9.69. The van der Waals surface area contributed by atoms with Crippen LogP contribution in [0.2, 0.25) is 0 Å². The molecule has 3 aliphatic rings. The first-order chi connectivity index (χ1) is 40.0. The maximum Gasteiger partial charge on any atom is 0.315 e. The van der Waals surface area contributed by atoms with E-state index >= 15 is 9.59 Å². The van der Waals surface area contributed by atoms with Crippen molar-refractivity contribution in [2.75, 3.05) is 41.7 Å². The summed E-state index contributed by atoms with van der Waals surface area (Å²) in [6.07, 6.45) is 0. The molecule has 0 spiro atoms. The molecule has 11 rings (SSSR count). The number of esters is 2. The molecular weight excluding hydrogens is 1040 g/mol. The predicted octanol–water partition coefficient (Wildman–Crippen LogP) is 12.0. The molecule has 2 fully saturated rings. The third-order valence-corrected chi connectivity index (χ3v) is 16.1. The van der Waals surface area contributed by atoms with E-state index in [0.717, 1.165) is 5.56 Å². The SMILES string of the molecule is COc1ccccc1C1C(C(=O)O)[C@H](c2ccccc2OC)C1C(=O)Oc1cc(-c2ccccc2)cc(-c2ccc(OC)c([C@H]3[C@H](C(=O)O)C(c4ccccc4OC)[C@H]3C(=O)Oc3cccc(-c4cccc5c4OCCO5)c3)c2)c1C#N. The summed E-state index contributed by atoms with van der Waals surface area (Å²) < 4.78 is 47.9. The summed E-state index contributed by atoms with van der Waals surface area (Å²) in [4.78, 5) is 57.7. The van der Waals surface area contributed by atoms with E-state index < -0.39 is 71.2 Å². The number of carbonyl (C=O) groups is 4. The van der Waals surface area contributed by atoms with Crippen molar-refractivity contribution in [3.63, 3.8) is 0 Å². The van der Waals surface area contributed by atoms with Gasteiger partial charge >= 0.3 is 23.9 Å². The lowest BCUT2D eigenvalue weighted by Crippen LogP contribution is -2.52. The highest BCUT2D eigenvalue weighted by molar-refractivity contribution is 5.90. The second-order valence-electron chi connectivity index (χ2n) is 20.1. The fourth-order valence-electron chi connectivity index (χ4n) is 12.5. The van der Waals surface area contributed by atoms with Crippen LogP contribution in [-0.4, -0.2) is 75.7 Å². The molecule has 15 nitrogen and oxygen atoms in total. The van der Waals surface area contributed by atoms with Crippen LogP contribution in [0.15, 0.2) is 176 Å². The Kier molecular flexibility index (Phi) is 15.1. The lowest BCUT2D eigenvalue weighted by Gasteiger charge is -2.49. The minimum absolute atomic E-state index is 0.0521. The number of ether oxygens (including phenoxy) is 8. The number of benzene rings is 8. The molecule has 8 atom stereocenters. The van der Waals surface area contributed by atoms with Gasteiger partial charge in [0, 0.05) is 34.8 Å². The first-order valence-corrected chi connectivity index (χ1v) is 26.6. The number of carboxylic acids is 2. The lowest BCUT2D eigenvalue weighted by molar-refractivity contribution is -0.160. The number of fused-ring (bicyclic) bond motifs is 1. The lowest BCUT2D eigenvalue weighted by atomic mass is 9.52. The summed E-state index contributed by atoms with van der Waals surface area (Å²) >= 11 is 0. The van der Waals surface area contributed by atoms with Gasteiger partial charge in [-0.15, -0.1) is 0 Å². The fraction of sp³-hybridized carbons (Fsp3) is 0.209. The van der Waals surface area contributed by atoms with Crippen LogP contribution >= 0.6 is 0 Å². The second kappa shape index (κ2) is 23.0. The maximum atomic E-state index is 15.3. The van der Waals surface area contributed by atoms with Gasteiger partial charge in [-0.1, -0.05) is 115 Å². The van der Waals surface area contributed by atoms with Gasteiger partial charge in [-0.3, -0.25) is 19.2 Å². The molecule has 8 aromatic carbocycles. The van der Waals surface area contributed by atoms with Crippen molar-refractivity contribution < 1.29 is 67.3 Å². The Morgan fingerprint density at radius 2 is 0.927 bits per heavy atom. The van der Waals surface area contributed by atoms with Crippen LogP contribution in [0.4, 0.5) is 0 Å². The molecule has 1 heterocycles. The molecule has 0 saturated heterocycles. The summed E-state index contributed by atoms with van der Waals surface area (Å²) in [5.41, 5.74) is 5.14. The average Bonchev–Trinajstić information content (AvgIpc) is 1.56. The zero-order chi connectivity index (χ0) is 57.2. The maximum absolute atomic E-state index is 15.3. The Hall–Kier alpha value is -10.1. The van der Waals surface area contributed by atoms with Crippen LogP contribution in [0.25, 0.3) is 33.4 Å². The molecule has 2 N–H and O–H groups in total. The minimum Gasteiger partial charge on any atom is -0.496 e. The number of hydrogen-bond donors (Lipinski definition) is 2. The minimum atomic E-state index is -1.23. The number of nitriles is 1. The van der Waals surface area contributed by atoms with Gasteiger partial charge in [0.2, 0.25) is 0 Å². The summed E-state index contributed by atoms with van der Waals surface area (Å²) in [6.45, 7) is 0.767. The second-order valence-corrected chi connectivity index (χ2v) is 20.1. The summed E-state index contributed by atoms with van der Waals surface area (Å²) in [7, 11) is 5.87. The highest BCUT2D eigenvalue weighted by Crippen LogP contribution is 2.63. The van der Waals surface area contributed by atoms with Crippen LogP contribution < -0.4 is 37.9 Å². The molecule has 4 unspecified atom stereocenters. The Labute approximate surface area is 472 Å². The number of rotatable bonds is 17. The number of aliphatic carboxylic acids is 2. The van der Waals surface area contributed by atoms with Crippen LogP contribution in [0, 0.1) is 35.0 Å². The number of carbonyl (C=O) groups excluding carboxylic acids is 2. The van der Waals surface area contributed by atoms with Crippen molar-refractivity contribution in [1.82, 2.24) is 0 Å². The molecular formula is C67H55NO14. The van der Waals surface area contributed by atoms with E-state index in [2.05, 4.69) is 6.07 Å². The Bertz CT molecular complexity index is 3760. The third-order valence-electron chi connectivity index (χ3n) is 16.1. The number of carboxylic acid groups (broad SMARTS) is 2. The zero-order valence-electron chi connectivity index (χ0n) is 45.0. The van der Waals surface area contributed by atoms with E-state index in [1.807, 2.05) is 54.6 Å². The molecule has 2 saturated carbocycles. The van der Waals surface area contributed by atoms with Gasteiger partial charge in [-0.25, -0.2) is 0 Å².